The van der Waals surface area contributed by atoms with Gasteiger partial charge in [-0.3, -0.25) is 9.59 Å². The molecular formula is C20H18ClF2NO5S. The molecule has 1 saturated carbocycles. The number of Topliss-reactive ketones (excluding diaryl/α,β-unsaturated/α-hetero) is 1. The first-order chi connectivity index (χ1) is 13.9. The van der Waals surface area contributed by atoms with Crippen LogP contribution in [0.1, 0.15) is 36.5 Å². The van der Waals surface area contributed by atoms with Crippen molar-refractivity contribution in [2.75, 3.05) is 5.32 Å². The summed E-state index contributed by atoms with van der Waals surface area (Å²) in [6.07, 6.45) is -0.365. The van der Waals surface area contributed by atoms with Crippen LogP contribution in [0.25, 0.3) is 0 Å². The molecule has 1 amide bonds. The van der Waals surface area contributed by atoms with Crippen LogP contribution in [0, 0.1) is 11.6 Å². The summed E-state index contributed by atoms with van der Waals surface area (Å²) in [4.78, 5) is 23.4. The molecule has 30 heavy (non-hydrogen) atoms. The van der Waals surface area contributed by atoms with Crippen LogP contribution in [0.15, 0.2) is 41.3 Å². The number of hydrogen-bond acceptors (Lipinski definition) is 5. The first-order valence-electron chi connectivity index (χ1n) is 8.93. The molecule has 0 bridgehead atoms. The van der Waals surface area contributed by atoms with Crippen LogP contribution in [0.4, 0.5) is 14.5 Å². The zero-order valence-electron chi connectivity index (χ0n) is 15.8. The summed E-state index contributed by atoms with van der Waals surface area (Å²) in [6.45, 7) is 1.31. The second-order valence-corrected chi connectivity index (χ2v) is 10.0. The molecule has 0 aliphatic heterocycles. The van der Waals surface area contributed by atoms with E-state index in [9.17, 15) is 31.9 Å². The van der Waals surface area contributed by atoms with Crippen molar-refractivity contribution in [3.8, 4) is 0 Å². The zero-order chi connectivity index (χ0) is 22.3. The average Bonchev–Trinajstić information content (AvgIpc) is 2.62. The maximum atomic E-state index is 13.3. The summed E-state index contributed by atoms with van der Waals surface area (Å²) in [5.41, 5.74) is -1.43. The van der Waals surface area contributed by atoms with E-state index in [2.05, 4.69) is 5.32 Å². The molecular weight excluding hydrogens is 440 g/mol. The van der Waals surface area contributed by atoms with Gasteiger partial charge in [0.15, 0.2) is 21.5 Å². The van der Waals surface area contributed by atoms with Crippen molar-refractivity contribution in [3.63, 3.8) is 0 Å². The van der Waals surface area contributed by atoms with Gasteiger partial charge in [0.2, 0.25) is 0 Å². The van der Waals surface area contributed by atoms with Crippen LogP contribution < -0.4 is 5.32 Å². The summed E-state index contributed by atoms with van der Waals surface area (Å²) < 4.78 is 52.2. The van der Waals surface area contributed by atoms with E-state index in [0.29, 0.717) is 0 Å². The fourth-order valence-electron chi connectivity index (χ4n) is 3.43. The van der Waals surface area contributed by atoms with Gasteiger partial charge in [-0.15, -0.1) is 0 Å². The monoisotopic (exact) mass is 457 g/mol. The zero-order valence-corrected chi connectivity index (χ0v) is 17.4. The Bertz CT molecular complexity index is 1130. The molecule has 6 nitrogen and oxygen atoms in total. The summed E-state index contributed by atoms with van der Waals surface area (Å²) in [5.74, 6) is -3.20. The molecule has 0 heterocycles. The lowest BCUT2D eigenvalue weighted by atomic mass is 9.76. The minimum Gasteiger partial charge on any atom is -0.389 e. The Kier molecular flexibility index (Phi) is 5.99. The van der Waals surface area contributed by atoms with Gasteiger partial charge in [-0.2, -0.15) is 0 Å². The predicted molar refractivity (Wildman–Crippen MR) is 106 cm³/mol. The predicted octanol–water partition coefficient (Wildman–Crippen LogP) is 3.52. The minimum absolute atomic E-state index is 0.00783. The maximum absolute atomic E-state index is 13.3. The number of anilines is 1. The number of carbonyl (C=O) groups is 2. The Hall–Kier alpha value is -2.36. The smallest absolute Gasteiger partial charge is 0.255 e. The SMILES string of the molecule is CC(=O)CC1(O)CC(S(=O)(=O)c2cc(C(=O)Nc3ccc(F)c(F)c3)ccc2Cl)C1. The van der Waals surface area contributed by atoms with Gasteiger partial charge in [0.25, 0.3) is 5.91 Å². The quantitative estimate of drug-likeness (QED) is 0.691. The number of hydrogen-bond donors (Lipinski definition) is 2. The first-order valence-corrected chi connectivity index (χ1v) is 10.9. The molecule has 0 spiro atoms. The first kappa shape index (κ1) is 22.3. The third-order valence-corrected chi connectivity index (χ3v) is 7.51. The van der Waals surface area contributed by atoms with E-state index in [-0.39, 0.29) is 46.2 Å². The van der Waals surface area contributed by atoms with E-state index in [1.54, 1.807) is 0 Å². The highest BCUT2D eigenvalue weighted by atomic mass is 35.5. The van der Waals surface area contributed by atoms with E-state index in [1.165, 1.54) is 19.1 Å². The molecule has 1 fully saturated rings. The van der Waals surface area contributed by atoms with Gasteiger partial charge in [0, 0.05) is 23.7 Å². The van der Waals surface area contributed by atoms with Crippen molar-refractivity contribution < 1.29 is 31.9 Å². The molecule has 0 atom stereocenters. The Balaban J connectivity index is 1.82. The molecule has 3 rings (SSSR count). The highest BCUT2D eigenvalue weighted by Gasteiger charge is 2.50. The fourth-order valence-corrected chi connectivity index (χ4v) is 5.92. The highest BCUT2D eigenvalue weighted by molar-refractivity contribution is 7.92. The van der Waals surface area contributed by atoms with Crippen molar-refractivity contribution in [3.05, 3.63) is 58.6 Å². The molecule has 2 N–H and O–H groups in total. The lowest BCUT2D eigenvalue weighted by Crippen LogP contribution is -2.51. The molecule has 1 aliphatic rings. The number of sulfone groups is 1. The number of benzene rings is 2. The van der Waals surface area contributed by atoms with Crippen LogP contribution in [-0.4, -0.2) is 36.1 Å². The number of rotatable bonds is 6. The van der Waals surface area contributed by atoms with Crippen molar-refractivity contribution in [2.45, 2.75) is 41.9 Å². The van der Waals surface area contributed by atoms with E-state index in [0.717, 1.165) is 24.3 Å². The van der Waals surface area contributed by atoms with Crippen LogP contribution >= 0.6 is 11.6 Å². The Morgan fingerprint density at radius 3 is 2.43 bits per heavy atom. The van der Waals surface area contributed by atoms with Crippen LogP contribution in [0.3, 0.4) is 0 Å². The van der Waals surface area contributed by atoms with E-state index >= 15 is 0 Å². The van der Waals surface area contributed by atoms with Gasteiger partial charge in [0.05, 0.1) is 20.8 Å². The second kappa shape index (κ2) is 8.05. The van der Waals surface area contributed by atoms with E-state index in [4.69, 9.17) is 11.6 Å². The van der Waals surface area contributed by atoms with Crippen molar-refractivity contribution in [1.82, 2.24) is 0 Å². The fraction of sp³-hybridized carbons (Fsp3) is 0.300. The maximum Gasteiger partial charge on any atom is 0.255 e. The Labute approximate surface area is 176 Å². The molecule has 0 unspecified atom stereocenters. The van der Waals surface area contributed by atoms with Crippen LogP contribution in [-0.2, 0) is 14.6 Å². The number of ketones is 1. The van der Waals surface area contributed by atoms with Crippen molar-refractivity contribution in [1.29, 1.82) is 0 Å². The standard InChI is InChI=1S/C20H18ClF2NO5S/c1-11(25)8-20(27)9-14(10-20)30(28,29)18-6-12(2-4-15(18)21)19(26)24-13-3-5-16(22)17(23)7-13/h2-7,14,27H,8-10H2,1H3,(H,24,26). The van der Waals surface area contributed by atoms with E-state index in [1.807, 2.05) is 0 Å². The van der Waals surface area contributed by atoms with Gasteiger partial charge in [-0.25, -0.2) is 17.2 Å². The van der Waals surface area contributed by atoms with Crippen molar-refractivity contribution in [2.24, 2.45) is 0 Å². The van der Waals surface area contributed by atoms with Gasteiger partial charge in [-0.05, 0) is 50.1 Å². The molecule has 2 aromatic carbocycles. The second-order valence-electron chi connectivity index (χ2n) is 7.41. The Morgan fingerprint density at radius 1 is 1.17 bits per heavy atom. The van der Waals surface area contributed by atoms with Gasteiger partial charge in [-0.1, -0.05) is 11.6 Å². The topological polar surface area (TPSA) is 101 Å². The molecule has 2 aromatic rings. The molecule has 160 valence electrons. The number of carbonyl (C=O) groups excluding carboxylic acids is 2. The van der Waals surface area contributed by atoms with Crippen LogP contribution in [0.5, 0.6) is 0 Å². The number of halogens is 3. The highest BCUT2D eigenvalue weighted by Crippen LogP contribution is 2.43. The lowest BCUT2D eigenvalue weighted by Gasteiger charge is -2.42. The van der Waals surface area contributed by atoms with Gasteiger partial charge >= 0.3 is 0 Å². The van der Waals surface area contributed by atoms with E-state index < -0.39 is 38.2 Å². The van der Waals surface area contributed by atoms with Crippen LogP contribution in [0.2, 0.25) is 5.02 Å². The molecule has 0 radical (unpaired) electrons. The minimum atomic E-state index is -3.97. The molecule has 1 aliphatic carbocycles. The number of aliphatic hydroxyl groups is 1. The third-order valence-electron chi connectivity index (χ3n) is 4.91. The normalized spacial score (nSPS) is 21.0. The lowest BCUT2D eigenvalue weighted by molar-refractivity contribution is -0.125. The molecule has 10 heteroatoms. The summed E-state index contributed by atoms with van der Waals surface area (Å²) in [5, 5.41) is 11.6. The molecule has 0 saturated heterocycles. The Morgan fingerprint density at radius 2 is 1.83 bits per heavy atom. The molecule has 0 aromatic heterocycles. The number of nitrogens with one attached hydrogen (secondary N) is 1. The van der Waals surface area contributed by atoms with Gasteiger partial charge in [0.1, 0.15) is 5.78 Å². The third kappa shape index (κ3) is 4.53. The summed E-state index contributed by atoms with van der Waals surface area (Å²) in [7, 11) is -3.97. The van der Waals surface area contributed by atoms with Crippen molar-refractivity contribution >= 4 is 38.8 Å². The summed E-state index contributed by atoms with van der Waals surface area (Å²) in [6, 6.07) is 6.44. The summed E-state index contributed by atoms with van der Waals surface area (Å²) >= 11 is 6.05. The average molecular weight is 458 g/mol. The van der Waals surface area contributed by atoms with Gasteiger partial charge < -0.3 is 10.4 Å². The largest absolute Gasteiger partial charge is 0.389 e. The number of amides is 1.